The van der Waals surface area contributed by atoms with E-state index in [1.807, 2.05) is 13.0 Å². The summed E-state index contributed by atoms with van der Waals surface area (Å²) in [5.74, 6) is -2.81. The zero-order valence-corrected chi connectivity index (χ0v) is 22.8. The van der Waals surface area contributed by atoms with Crippen LogP contribution >= 0.6 is 24.0 Å². The number of aryl methyl sites for hydroxylation is 2. The molecule has 0 radical (unpaired) electrons. The van der Waals surface area contributed by atoms with Crippen LogP contribution in [-0.4, -0.2) is 70.6 Å². The summed E-state index contributed by atoms with van der Waals surface area (Å²) in [6, 6.07) is 5.30. The predicted octanol–water partition coefficient (Wildman–Crippen LogP) is 4.72. The fraction of sp³-hybridized carbons (Fsp3) is 0.583. The molecule has 1 aliphatic heterocycles. The van der Waals surface area contributed by atoms with Gasteiger partial charge in [0.15, 0.2) is 10.8 Å². The third-order valence-electron chi connectivity index (χ3n) is 7.43. The molecule has 12 heteroatoms. The van der Waals surface area contributed by atoms with Crippen LogP contribution in [-0.2, 0) is 17.1 Å². The van der Waals surface area contributed by atoms with E-state index in [1.165, 1.54) is 16.8 Å². The SMILES string of the molecule is Cc1cccc(Cl)c1C(=O)CCC1(N2CCN(S(=O)(=O)c3cn(C)cn3)CC2)CCC(F)(F)CC1.Cl. The molecular formula is C24H32Cl2F2N4O3S. The van der Waals surface area contributed by atoms with E-state index in [0.29, 0.717) is 30.1 Å². The zero-order chi connectivity index (χ0) is 25.4. The van der Waals surface area contributed by atoms with Gasteiger partial charge in [0, 0.05) is 69.8 Å². The van der Waals surface area contributed by atoms with Crippen LogP contribution in [0.2, 0.25) is 5.02 Å². The number of nitrogens with zero attached hydrogens (tertiary/aromatic N) is 4. The Morgan fingerprint density at radius 3 is 2.31 bits per heavy atom. The molecule has 1 aromatic heterocycles. The Morgan fingerprint density at radius 2 is 1.75 bits per heavy atom. The lowest BCUT2D eigenvalue weighted by Gasteiger charge is -2.50. The molecule has 4 rings (SSSR count). The number of halogens is 4. The van der Waals surface area contributed by atoms with Gasteiger partial charge in [0.1, 0.15) is 0 Å². The lowest BCUT2D eigenvalue weighted by atomic mass is 9.74. The number of aromatic nitrogens is 2. The Morgan fingerprint density at radius 1 is 1.11 bits per heavy atom. The molecule has 2 aliphatic rings. The van der Waals surface area contributed by atoms with E-state index in [4.69, 9.17) is 11.6 Å². The average Bonchev–Trinajstić information content (AvgIpc) is 3.26. The predicted molar refractivity (Wildman–Crippen MR) is 137 cm³/mol. The first-order valence-electron chi connectivity index (χ1n) is 11.8. The van der Waals surface area contributed by atoms with Crippen LogP contribution < -0.4 is 0 Å². The molecule has 1 saturated heterocycles. The van der Waals surface area contributed by atoms with Crippen molar-refractivity contribution in [2.24, 2.45) is 7.05 Å². The molecule has 2 aromatic rings. The van der Waals surface area contributed by atoms with Gasteiger partial charge in [-0.15, -0.1) is 12.4 Å². The van der Waals surface area contributed by atoms with E-state index in [0.717, 1.165) is 5.56 Å². The maximum atomic E-state index is 14.1. The Bertz CT molecular complexity index is 1170. The molecular weight excluding hydrogens is 533 g/mol. The highest BCUT2D eigenvalue weighted by Gasteiger charge is 2.47. The molecule has 200 valence electrons. The molecule has 0 amide bonds. The minimum atomic E-state index is -3.72. The number of rotatable bonds is 7. The van der Waals surface area contributed by atoms with Gasteiger partial charge >= 0.3 is 0 Å². The number of alkyl halides is 2. The van der Waals surface area contributed by atoms with Gasteiger partial charge in [-0.2, -0.15) is 4.31 Å². The highest BCUT2D eigenvalue weighted by Crippen LogP contribution is 2.44. The topological polar surface area (TPSA) is 75.5 Å². The average molecular weight is 566 g/mol. The van der Waals surface area contributed by atoms with Gasteiger partial charge in [-0.25, -0.2) is 22.2 Å². The summed E-state index contributed by atoms with van der Waals surface area (Å²) in [6.07, 6.45) is 3.59. The van der Waals surface area contributed by atoms with E-state index in [-0.39, 0.29) is 68.4 Å². The van der Waals surface area contributed by atoms with Crippen molar-refractivity contribution < 1.29 is 22.0 Å². The summed E-state index contributed by atoms with van der Waals surface area (Å²) in [5.41, 5.74) is 0.699. The Labute approximate surface area is 222 Å². The standard InChI is InChI=1S/C24H31ClF2N4O3S.ClH/c1-18-4-3-5-19(25)22(18)20(32)6-7-23(8-10-24(26,27)11-9-23)30-12-14-31(15-13-30)35(33,34)21-16-29(2)17-28-21;/h3-5,16-17H,6-15H2,1-2H3;1H. The lowest BCUT2D eigenvalue weighted by molar-refractivity contribution is -0.0891. The first-order chi connectivity index (χ1) is 16.4. The van der Waals surface area contributed by atoms with Gasteiger partial charge in [-0.1, -0.05) is 23.7 Å². The van der Waals surface area contributed by atoms with Crippen molar-refractivity contribution in [2.75, 3.05) is 26.2 Å². The number of carbonyl (C=O) groups is 1. The summed E-state index contributed by atoms with van der Waals surface area (Å²) in [6.45, 7) is 3.15. The second-order valence-electron chi connectivity index (χ2n) is 9.70. The Balaban J connectivity index is 0.00000361. The fourth-order valence-corrected chi connectivity index (χ4v) is 7.03. The number of hydrogen-bond acceptors (Lipinski definition) is 5. The summed E-state index contributed by atoms with van der Waals surface area (Å²) >= 11 is 6.28. The first-order valence-corrected chi connectivity index (χ1v) is 13.6. The van der Waals surface area contributed by atoms with Gasteiger partial charge in [0.25, 0.3) is 10.0 Å². The zero-order valence-electron chi connectivity index (χ0n) is 20.4. The number of sulfonamides is 1. The van der Waals surface area contributed by atoms with Gasteiger partial charge in [-0.3, -0.25) is 9.69 Å². The molecule has 0 unspecified atom stereocenters. The highest BCUT2D eigenvalue weighted by molar-refractivity contribution is 7.89. The fourth-order valence-electron chi connectivity index (χ4n) is 5.32. The van der Waals surface area contributed by atoms with Crippen molar-refractivity contribution in [3.8, 4) is 0 Å². The van der Waals surface area contributed by atoms with E-state index in [1.54, 1.807) is 23.7 Å². The van der Waals surface area contributed by atoms with Crippen molar-refractivity contribution in [3.63, 3.8) is 0 Å². The van der Waals surface area contributed by atoms with Crippen molar-refractivity contribution >= 4 is 39.8 Å². The molecule has 2 fully saturated rings. The summed E-state index contributed by atoms with van der Waals surface area (Å²) in [4.78, 5) is 19.2. The summed E-state index contributed by atoms with van der Waals surface area (Å²) in [7, 11) is -2.01. The van der Waals surface area contributed by atoms with Crippen LogP contribution in [0, 0.1) is 6.92 Å². The van der Waals surface area contributed by atoms with Crippen LogP contribution in [0.5, 0.6) is 0 Å². The maximum Gasteiger partial charge on any atom is 0.262 e. The minimum Gasteiger partial charge on any atom is -0.339 e. The van der Waals surface area contributed by atoms with Crippen molar-refractivity contribution in [2.45, 2.75) is 61.9 Å². The molecule has 0 atom stereocenters. The molecule has 1 aromatic carbocycles. The summed E-state index contributed by atoms with van der Waals surface area (Å²) in [5, 5.41) is 0.397. The van der Waals surface area contributed by atoms with Gasteiger partial charge in [-0.05, 0) is 37.8 Å². The van der Waals surface area contributed by atoms with Crippen LogP contribution in [0.25, 0.3) is 0 Å². The third-order valence-corrected chi connectivity index (χ3v) is 9.52. The molecule has 36 heavy (non-hydrogen) atoms. The van der Waals surface area contributed by atoms with Crippen LogP contribution in [0.15, 0.2) is 35.7 Å². The van der Waals surface area contributed by atoms with E-state index in [2.05, 4.69) is 9.88 Å². The smallest absolute Gasteiger partial charge is 0.262 e. The van der Waals surface area contributed by atoms with E-state index >= 15 is 0 Å². The maximum absolute atomic E-state index is 14.1. The molecule has 2 heterocycles. The number of hydrogen-bond donors (Lipinski definition) is 0. The first kappa shape index (κ1) is 29.0. The van der Waals surface area contributed by atoms with Gasteiger partial charge < -0.3 is 4.57 Å². The quantitative estimate of drug-likeness (QED) is 0.455. The van der Waals surface area contributed by atoms with E-state index in [9.17, 15) is 22.0 Å². The summed E-state index contributed by atoms with van der Waals surface area (Å²) < 4.78 is 57.1. The molecule has 0 bridgehead atoms. The van der Waals surface area contributed by atoms with Gasteiger partial charge in [0.05, 0.1) is 11.3 Å². The molecule has 1 saturated carbocycles. The Hall–Kier alpha value is -1.59. The van der Waals surface area contributed by atoms with Crippen LogP contribution in [0.3, 0.4) is 0 Å². The van der Waals surface area contributed by atoms with Crippen LogP contribution in [0.4, 0.5) is 8.78 Å². The monoisotopic (exact) mass is 564 g/mol. The number of Topliss-reactive ketones (excluding diaryl/α,β-unsaturated/α-hetero) is 1. The highest BCUT2D eigenvalue weighted by atomic mass is 35.5. The Kier molecular flexibility index (Phi) is 8.88. The van der Waals surface area contributed by atoms with Gasteiger partial charge in [0.2, 0.25) is 5.92 Å². The molecule has 7 nitrogen and oxygen atoms in total. The number of ketones is 1. The lowest BCUT2D eigenvalue weighted by Crippen LogP contribution is -2.59. The molecule has 0 spiro atoms. The van der Waals surface area contributed by atoms with Crippen molar-refractivity contribution in [3.05, 3.63) is 46.9 Å². The second-order valence-corrected chi connectivity index (χ2v) is 12.0. The number of benzene rings is 1. The normalized spacial score (nSPS) is 20.6. The minimum absolute atomic E-state index is 0. The van der Waals surface area contributed by atoms with Crippen molar-refractivity contribution in [1.82, 2.24) is 18.8 Å². The molecule has 0 N–H and O–H groups in total. The number of imidazole rings is 1. The van der Waals surface area contributed by atoms with E-state index < -0.39 is 21.5 Å². The number of piperazine rings is 1. The second kappa shape index (κ2) is 11.0. The largest absolute Gasteiger partial charge is 0.339 e. The molecule has 1 aliphatic carbocycles. The third kappa shape index (κ3) is 5.93. The number of carbonyl (C=O) groups excluding carboxylic acids is 1. The van der Waals surface area contributed by atoms with Crippen LogP contribution in [0.1, 0.15) is 54.4 Å². The van der Waals surface area contributed by atoms with Crippen molar-refractivity contribution in [1.29, 1.82) is 0 Å².